The molecule has 104 valence electrons. The van der Waals surface area contributed by atoms with E-state index >= 15 is 0 Å². The molecule has 2 N–H and O–H groups in total. The topological polar surface area (TPSA) is 81.9 Å². The van der Waals surface area contributed by atoms with Crippen molar-refractivity contribution in [1.29, 1.82) is 0 Å². The van der Waals surface area contributed by atoms with Gasteiger partial charge in [-0.2, -0.15) is 5.90 Å². The number of nitrogens with two attached hydrogens (primary N) is 1. The summed E-state index contributed by atoms with van der Waals surface area (Å²) in [5, 5.41) is 0. The van der Waals surface area contributed by atoms with Crippen LogP contribution in [0.3, 0.4) is 0 Å². The largest absolute Gasteiger partial charge is 0.444 e. The molecule has 1 amide bonds. The molecule has 0 bridgehead atoms. The number of carbonyl (C=O) groups excluding carboxylic acids is 2. The number of piperidine rings is 1. The fourth-order valence-electron chi connectivity index (χ4n) is 2.07. The molecule has 6 nitrogen and oxygen atoms in total. The number of ether oxygens (including phenoxy) is 1. The average Bonchev–Trinajstić information content (AvgIpc) is 2.25. The number of rotatable bonds is 1. The molecule has 1 fully saturated rings. The zero-order valence-corrected chi connectivity index (χ0v) is 11.4. The van der Waals surface area contributed by atoms with Gasteiger partial charge in [0, 0.05) is 12.6 Å². The lowest BCUT2D eigenvalue weighted by molar-refractivity contribution is -0.151. The highest BCUT2D eigenvalue weighted by atomic mass is 16.7. The van der Waals surface area contributed by atoms with E-state index in [1.807, 2.05) is 27.7 Å². The molecule has 1 aliphatic rings. The van der Waals surface area contributed by atoms with E-state index in [1.54, 1.807) is 4.90 Å². The molecule has 1 saturated heterocycles. The minimum absolute atomic E-state index is 0.0577. The summed E-state index contributed by atoms with van der Waals surface area (Å²) in [4.78, 5) is 29.2. The summed E-state index contributed by atoms with van der Waals surface area (Å²) in [6.45, 7) is 7.85. The summed E-state index contributed by atoms with van der Waals surface area (Å²) in [6, 6.07) is -0.0577. The van der Waals surface area contributed by atoms with Crippen molar-refractivity contribution in [2.45, 2.75) is 52.2 Å². The van der Waals surface area contributed by atoms with E-state index in [4.69, 9.17) is 10.6 Å². The predicted molar refractivity (Wildman–Crippen MR) is 65.4 cm³/mol. The van der Waals surface area contributed by atoms with Gasteiger partial charge >= 0.3 is 12.1 Å². The highest BCUT2D eigenvalue weighted by molar-refractivity contribution is 5.73. The second-order valence-corrected chi connectivity index (χ2v) is 5.68. The van der Waals surface area contributed by atoms with E-state index in [-0.39, 0.29) is 18.1 Å². The summed E-state index contributed by atoms with van der Waals surface area (Å²) in [5.74, 6) is 4.23. The minimum atomic E-state index is -0.510. The van der Waals surface area contributed by atoms with E-state index in [0.717, 1.165) is 0 Å². The van der Waals surface area contributed by atoms with Crippen LogP contribution >= 0.6 is 0 Å². The summed E-state index contributed by atoms with van der Waals surface area (Å²) in [5.41, 5.74) is -0.510. The van der Waals surface area contributed by atoms with Crippen molar-refractivity contribution in [3.63, 3.8) is 0 Å². The Morgan fingerprint density at radius 1 is 1.33 bits per heavy atom. The maximum atomic E-state index is 11.9. The molecule has 1 heterocycles. The highest BCUT2D eigenvalue weighted by Gasteiger charge is 2.35. The van der Waals surface area contributed by atoms with E-state index in [1.165, 1.54) is 0 Å². The van der Waals surface area contributed by atoms with Crippen molar-refractivity contribution in [3.8, 4) is 0 Å². The summed E-state index contributed by atoms with van der Waals surface area (Å²) in [6.07, 6.45) is 0.768. The first-order chi connectivity index (χ1) is 8.24. The molecule has 0 aliphatic carbocycles. The molecule has 1 rings (SSSR count). The van der Waals surface area contributed by atoms with Crippen LogP contribution in [0.4, 0.5) is 4.79 Å². The van der Waals surface area contributed by atoms with Crippen LogP contribution in [0.5, 0.6) is 0 Å². The van der Waals surface area contributed by atoms with Gasteiger partial charge in [-0.3, -0.25) is 4.79 Å². The van der Waals surface area contributed by atoms with Crippen molar-refractivity contribution < 1.29 is 19.2 Å². The highest BCUT2D eigenvalue weighted by Crippen LogP contribution is 2.25. The molecular formula is C12H22N2O4. The first-order valence-electron chi connectivity index (χ1n) is 6.15. The van der Waals surface area contributed by atoms with Gasteiger partial charge in [-0.05, 0) is 40.5 Å². The molecular weight excluding hydrogens is 236 g/mol. The van der Waals surface area contributed by atoms with Crippen molar-refractivity contribution in [1.82, 2.24) is 4.90 Å². The molecule has 18 heavy (non-hydrogen) atoms. The molecule has 0 radical (unpaired) electrons. The van der Waals surface area contributed by atoms with Crippen LogP contribution in [0.2, 0.25) is 0 Å². The molecule has 0 aromatic heterocycles. The van der Waals surface area contributed by atoms with Crippen molar-refractivity contribution in [2.24, 2.45) is 11.8 Å². The predicted octanol–water partition coefficient (Wildman–Crippen LogP) is 1.44. The van der Waals surface area contributed by atoms with Crippen LogP contribution in [-0.4, -0.2) is 35.2 Å². The Hall–Kier alpha value is -1.30. The quantitative estimate of drug-likeness (QED) is 0.720. The van der Waals surface area contributed by atoms with Crippen molar-refractivity contribution in [2.75, 3.05) is 6.54 Å². The van der Waals surface area contributed by atoms with Gasteiger partial charge in [0.15, 0.2) is 0 Å². The molecule has 2 atom stereocenters. The van der Waals surface area contributed by atoms with Gasteiger partial charge in [0.05, 0.1) is 5.92 Å². The Labute approximate surface area is 107 Å². The van der Waals surface area contributed by atoms with E-state index in [0.29, 0.717) is 19.4 Å². The van der Waals surface area contributed by atoms with E-state index < -0.39 is 11.6 Å². The average molecular weight is 258 g/mol. The van der Waals surface area contributed by atoms with Crippen LogP contribution in [0, 0.1) is 5.92 Å². The zero-order chi connectivity index (χ0) is 13.9. The van der Waals surface area contributed by atoms with Crippen molar-refractivity contribution >= 4 is 12.1 Å². The van der Waals surface area contributed by atoms with Crippen LogP contribution in [0.15, 0.2) is 0 Å². The van der Waals surface area contributed by atoms with Gasteiger partial charge < -0.3 is 14.5 Å². The Balaban J connectivity index is 2.57. The lowest BCUT2D eigenvalue weighted by atomic mass is 9.92. The number of hydrogen-bond acceptors (Lipinski definition) is 5. The van der Waals surface area contributed by atoms with Crippen LogP contribution in [0.25, 0.3) is 0 Å². The van der Waals surface area contributed by atoms with Gasteiger partial charge in [-0.1, -0.05) is 0 Å². The lowest BCUT2D eigenvalue weighted by Crippen LogP contribution is -2.48. The molecule has 0 aromatic carbocycles. The van der Waals surface area contributed by atoms with Gasteiger partial charge in [-0.15, -0.1) is 0 Å². The molecule has 1 aliphatic heterocycles. The second kappa shape index (κ2) is 5.56. The number of likely N-dealkylation sites (tertiary alicyclic amines) is 1. The Morgan fingerprint density at radius 2 is 1.94 bits per heavy atom. The standard InChI is InChI=1S/C12H22N2O4/c1-8-7-9(10(15)18-13)5-6-14(8)11(16)17-12(2,3)4/h8-9H,5-7,13H2,1-4H3. The van der Waals surface area contributed by atoms with E-state index in [2.05, 4.69) is 4.84 Å². The maximum Gasteiger partial charge on any atom is 0.410 e. The smallest absolute Gasteiger partial charge is 0.410 e. The fraction of sp³-hybridized carbons (Fsp3) is 0.833. The van der Waals surface area contributed by atoms with Crippen molar-refractivity contribution in [3.05, 3.63) is 0 Å². The molecule has 6 heteroatoms. The third-order valence-corrected chi connectivity index (χ3v) is 2.95. The maximum absolute atomic E-state index is 11.9. The number of hydrogen-bond donors (Lipinski definition) is 1. The number of carbonyl (C=O) groups is 2. The first-order valence-corrected chi connectivity index (χ1v) is 6.15. The summed E-state index contributed by atoms with van der Waals surface area (Å²) in [7, 11) is 0. The molecule has 0 spiro atoms. The monoisotopic (exact) mass is 258 g/mol. The number of amides is 1. The van der Waals surface area contributed by atoms with Gasteiger partial charge in [-0.25, -0.2) is 4.79 Å². The Bertz CT molecular complexity index is 325. The normalized spacial score (nSPS) is 24.6. The molecule has 0 saturated carbocycles. The van der Waals surface area contributed by atoms with Crippen LogP contribution < -0.4 is 5.90 Å². The zero-order valence-electron chi connectivity index (χ0n) is 11.4. The third-order valence-electron chi connectivity index (χ3n) is 2.95. The third kappa shape index (κ3) is 3.87. The molecule has 2 unspecified atom stereocenters. The minimum Gasteiger partial charge on any atom is -0.444 e. The van der Waals surface area contributed by atoms with Gasteiger partial charge in [0.2, 0.25) is 0 Å². The van der Waals surface area contributed by atoms with E-state index in [9.17, 15) is 9.59 Å². The molecule has 0 aromatic rings. The van der Waals surface area contributed by atoms with Gasteiger partial charge in [0.1, 0.15) is 5.60 Å². The Kier molecular flexibility index (Phi) is 4.56. The second-order valence-electron chi connectivity index (χ2n) is 5.68. The van der Waals surface area contributed by atoms with Crippen LogP contribution in [-0.2, 0) is 14.4 Å². The van der Waals surface area contributed by atoms with Gasteiger partial charge in [0.25, 0.3) is 0 Å². The fourth-order valence-corrected chi connectivity index (χ4v) is 2.07. The lowest BCUT2D eigenvalue weighted by Gasteiger charge is -2.37. The first kappa shape index (κ1) is 14.8. The Morgan fingerprint density at radius 3 is 2.39 bits per heavy atom. The summed E-state index contributed by atoms with van der Waals surface area (Å²) >= 11 is 0. The van der Waals surface area contributed by atoms with Crippen LogP contribution in [0.1, 0.15) is 40.5 Å². The summed E-state index contributed by atoms with van der Waals surface area (Å²) < 4.78 is 5.32. The SMILES string of the molecule is CC1CC(C(=O)ON)CCN1C(=O)OC(C)(C)C. The number of nitrogens with zero attached hydrogens (tertiary/aromatic N) is 1.